The number of rotatable bonds is 1. The van der Waals surface area contributed by atoms with Crippen molar-refractivity contribution in [3.05, 3.63) is 0 Å². The summed E-state index contributed by atoms with van der Waals surface area (Å²) in [6.07, 6.45) is 2.09. The maximum Gasteiger partial charge on any atom is 0.411 e. The quantitative estimate of drug-likeness (QED) is 0.761. The van der Waals surface area contributed by atoms with E-state index in [1.807, 2.05) is 0 Å². The lowest BCUT2D eigenvalue weighted by atomic mass is 9.97. The number of carbonyl (C=O) groups is 2. The highest BCUT2D eigenvalue weighted by atomic mass is 16.6. The molecule has 2 aliphatic rings. The van der Waals surface area contributed by atoms with Crippen LogP contribution in [-0.4, -0.2) is 40.3 Å². The van der Waals surface area contributed by atoms with Crippen LogP contribution in [0.1, 0.15) is 40.0 Å². The number of hydrogen-bond donors (Lipinski definition) is 1. The molecular weight excluding hydrogens is 222 g/mol. The van der Waals surface area contributed by atoms with Crippen molar-refractivity contribution in [3.8, 4) is 0 Å². The molecule has 0 radical (unpaired) electrons. The van der Waals surface area contributed by atoms with Crippen LogP contribution in [0.5, 0.6) is 0 Å². The van der Waals surface area contributed by atoms with Gasteiger partial charge in [-0.1, -0.05) is 0 Å². The van der Waals surface area contributed by atoms with Crippen molar-refractivity contribution in [2.45, 2.75) is 51.7 Å². The molecule has 1 saturated heterocycles. The molecule has 96 valence electrons. The van der Waals surface area contributed by atoms with Gasteiger partial charge in [-0.15, -0.1) is 0 Å². The van der Waals surface area contributed by atoms with Crippen LogP contribution in [0.25, 0.3) is 0 Å². The van der Waals surface area contributed by atoms with Gasteiger partial charge in [-0.3, -0.25) is 4.90 Å². The maximum absolute atomic E-state index is 11.9. The first-order chi connectivity index (χ1) is 7.75. The number of hydrogen-bond acceptors (Lipinski definition) is 3. The molecule has 0 aromatic carbocycles. The monoisotopic (exact) mass is 241 g/mol. The molecule has 5 heteroatoms. The van der Waals surface area contributed by atoms with Gasteiger partial charge in [0.2, 0.25) is 0 Å². The minimum Gasteiger partial charge on any atom is -0.480 e. The Balaban J connectivity index is 2.11. The number of amides is 1. The fourth-order valence-corrected chi connectivity index (χ4v) is 2.54. The first kappa shape index (κ1) is 12.2. The van der Waals surface area contributed by atoms with E-state index >= 15 is 0 Å². The van der Waals surface area contributed by atoms with Crippen molar-refractivity contribution in [2.24, 2.45) is 5.41 Å². The molecule has 1 N–H and O–H groups in total. The van der Waals surface area contributed by atoms with Gasteiger partial charge in [-0.05, 0) is 40.0 Å². The second-order valence-corrected chi connectivity index (χ2v) is 6.03. The van der Waals surface area contributed by atoms with Gasteiger partial charge >= 0.3 is 12.1 Å². The lowest BCUT2D eigenvalue weighted by Gasteiger charge is -2.28. The number of aliphatic carboxylic acids is 1. The molecule has 5 nitrogen and oxygen atoms in total. The van der Waals surface area contributed by atoms with E-state index in [1.165, 1.54) is 4.90 Å². The van der Waals surface area contributed by atoms with Crippen LogP contribution in [0.15, 0.2) is 0 Å². The van der Waals surface area contributed by atoms with Crippen molar-refractivity contribution in [2.75, 3.05) is 6.54 Å². The van der Waals surface area contributed by atoms with Crippen LogP contribution >= 0.6 is 0 Å². The number of ether oxygens (including phenoxy) is 1. The van der Waals surface area contributed by atoms with Gasteiger partial charge in [-0.2, -0.15) is 0 Å². The van der Waals surface area contributed by atoms with Crippen molar-refractivity contribution in [1.29, 1.82) is 0 Å². The molecule has 2 rings (SSSR count). The van der Waals surface area contributed by atoms with Gasteiger partial charge in [-0.25, -0.2) is 9.59 Å². The zero-order chi connectivity index (χ0) is 12.8. The molecule has 1 atom stereocenters. The zero-order valence-electron chi connectivity index (χ0n) is 10.5. The van der Waals surface area contributed by atoms with E-state index in [0.29, 0.717) is 6.54 Å². The number of likely N-dealkylation sites (tertiary alicyclic amines) is 1. The largest absolute Gasteiger partial charge is 0.480 e. The summed E-state index contributed by atoms with van der Waals surface area (Å²) in [5.41, 5.74) is -0.748. The standard InChI is InChI=1S/C12H19NO4/c1-11(2,3)17-10(16)13-7-6-12(4-5-12)8(13)9(14)15/h8H,4-7H2,1-3H3,(H,14,15)/t8-/m1/s1. The summed E-state index contributed by atoms with van der Waals surface area (Å²) < 4.78 is 5.25. The third kappa shape index (κ3) is 2.23. The predicted molar refractivity (Wildman–Crippen MR) is 60.6 cm³/mol. The number of nitrogens with zero attached hydrogens (tertiary/aromatic N) is 1. The molecule has 0 aromatic rings. The van der Waals surface area contributed by atoms with Crippen LogP contribution in [0.4, 0.5) is 4.79 Å². The van der Waals surface area contributed by atoms with Gasteiger partial charge in [0.15, 0.2) is 0 Å². The third-order valence-corrected chi connectivity index (χ3v) is 3.50. The smallest absolute Gasteiger partial charge is 0.411 e. The molecule has 1 amide bonds. The minimum absolute atomic E-state index is 0.164. The normalized spacial score (nSPS) is 26.1. The summed E-state index contributed by atoms with van der Waals surface area (Å²) >= 11 is 0. The number of carboxylic acid groups (broad SMARTS) is 1. The maximum atomic E-state index is 11.9. The van der Waals surface area contributed by atoms with E-state index in [9.17, 15) is 14.7 Å². The summed E-state index contributed by atoms with van der Waals surface area (Å²) in [4.78, 5) is 24.6. The molecule has 1 spiro atoms. The highest BCUT2D eigenvalue weighted by Crippen LogP contribution is 2.57. The average molecular weight is 241 g/mol. The Morgan fingerprint density at radius 1 is 1.29 bits per heavy atom. The van der Waals surface area contributed by atoms with Crippen LogP contribution < -0.4 is 0 Å². The highest BCUT2D eigenvalue weighted by Gasteiger charge is 2.60. The Morgan fingerprint density at radius 2 is 1.88 bits per heavy atom. The molecule has 0 unspecified atom stereocenters. The van der Waals surface area contributed by atoms with Crippen molar-refractivity contribution >= 4 is 12.1 Å². The Kier molecular flexibility index (Phi) is 2.60. The fraction of sp³-hybridized carbons (Fsp3) is 0.833. The SMILES string of the molecule is CC(C)(C)OC(=O)N1CCC2(CC2)[C@H]1C(=O)O. The van der Waals surface area contributed by atoms with Crippen LogP contribution in [0.3, 0.4) is 0 Å². The molecule has 2 fully saturated rings. The summed E-state index contributed by atoms with van der Waals surface area (Å²) in [7, 11) is 0. The van der Waals surface area contributed by atoms with Gasteiger partial charge in [0, 0.05) is 12.0 Å². The van der Waals surface area contributed by atoms with E-state index in [2.05, 4.69) is 0 Å². The molecule has 1 heterocycles. The zero-order valence-corrected chi connectivity index (χ0v) is 10.5. The Labute approximate surface area is 101 Å². The molecule has 1 saturated carbocycles. The van der Waals surface area contributed by atoms with E-state index in [1.54, 1.807) is 20.8 Å². The number of carbonyl (C=O) groups excluding carboxylic acids is 1. The van der Waals surface area contributed by atoms with E-state index in [-0.39, 0.29) is 5.41 Å². The summed E-state index contributed by atoms with van der Waals surface area (Å²) in [6.45, 7) is 5.84. The lowest BCUT2D eigenvalue weighted by Crippen LogP contribution is -2.46. The van der Waals surface area contributed by atoms with E-state index in [4.69, 9.17) is 4.74 Å². The van der Waals surface area contributed by atoms with E-state index < -0.39 is 23.7 Å². The Hall–Kier alpha value is -1.26. The van der Waals surface area contributed by atoms with E-state index in [0.717, 1.165) is 19.3 Å². The highest BCUT2D eigenvalue weighted by molar-refractivity contribution is 5.82. The first-order valence-corrected chi connectivity index (χ1v) is 5.98. The first-order valence-electron chi connectivity index (χ1n) is 5.98. The second kappa shape index (κ2) is 3.62. The average Bonchev–Trinajstić information content (AvgIpc) is 2.74. The van der Waals surface area contributed by atoms with Crippen molar-refractivity contribution < 1.29 is 19.4 Å². The minimum atomic E-state index is -0.911. The third-order valence-electron chi connectivity index (χ3n) is 3.50. The van der Waals surface area contributed by atoms with Crippen LogP contribution in [0.2, 0.25) is 0 Å². The second-order valence-electron chi connectivity index (χ2n) is 6.03. The Morgan fingerprint density at radius 3 is 2.29 bits per heavy atom. The van der Waals surface area contributed by atoms with Gasteiger partial charge in [0.1, 0.15) is 11.6 Å². The Bertz CT molecular complexity index is 354. The van der Waals surface area contributed by atoms with Crippen molar-refractivity contribution in [1.82, 2.24) is 4.90 Å². The van der Waals surface area contributed by atoms with Gasteiger partial charge in [0.05, 0.1) is 0 Å². The lowest BCUT2D eigenvalue weighted by molar-refractivity contribution is -0.143. The van der Waals surface area contributed by atoms with Gasteiger partial charge in [0.25, 0.3) is 0 Å². The van der Waals surface area contributed by atoms with Gasteiger partial charge < -0.3 is 9.84 Å². The molecular formula is C12H19NO4. The summed E-state index contributed by atoms with van der Waals surface area (Å²) in [5, 5.41) is 9.26. The summed E-state index contributed by atoms with van der Waals surface area (Å²) in [6, 6.07) is -0.697. The topological polar surface area (TPSA) is 66.8 Å². The molecule has 1 aliphatic carbocycles. The predicted octanol–water partition coefficient (Wildman–Crippen LogP) is 1.86. The molecule has 17 heavy (non-hydrogen) atoms. The molecule has 0 aromatic heterocycles. The van der Waals surface area contributed by atoms with Crippen LogP contribution in [0, 0.1) is 5.41 Å². The summed E-state index contributed by atoms with van der Waals surface area (Å²) in [5.74, 6) is -0.911. The number of carboxylic acids is 1. The van der Waals surface area contributed by atoms with Crippen LogP contribution in [-0.2, 0) is 9.53 Å². The fourth-order valence-electron chi connectivity index (χ4n) is 2.54. The molecule has 1 aliphatic heterocycles. The van der Waals surface area contributed by atoms with Crippen molar-refractivity contribution in [3.63, 3.8) is 0 Å². The molecule has 0 bridgehead atoms.